The number of fused-ring (bicyclic) bond motifs is 1. The minimum atomic E-state index is -0.943. The van der Waals surface area contributed by atoms with Gasteiger partial charge in [-0.3, -0.25) is 0 Å². The molecule has 2 N–H and O–H groups in total. The van der Waals surface area contributed by atoms with Gasteiger partial charge in [-0.25, -0.2) is 18.7 Å². The SMILES string of the molecule is COc1cc(Nc2nccc3[nH]c(-c4ccc(F)c(F)c4)nc23)cc(OC)c1OC. The number of hydrogen-bond donors (Lipinski definition) is 2. The van der Waals surface area contributed by atoms with Gasteiger partial charge < -0.3 is 24.5 Å². The summed E-state index contributed by atoms with van der Waals surface area (Å²) in [4.78, 5) is 12.0. The molecule has 0 saturated heterocycles. The van der Waals surface area contributed by atoms with Gasteiger partial charge in [-0.2, -0.15) is 0 Å². The van der Waals surface area contributed by atoms with Gasteiger partial charge in [0, 0.05) is 29.6 Å². The number of pyridine rings is 1. The summed E-state index contributed by atoms with van der Waals surface area (Å²) in [5.74, 6) is 0.434. The quantitative estimate of drug-likeness (QED) is 0.479. The molecule has 30 heavy (non-hydrogen) atoms. The van der Waals surface area contributed by atoms with Crippen molar-refractivity contribution in [3.05, 3.63) is 54.2 Å². The van der Waals surface area contributed by atoms with Crippen LogP contribution in [0.25, 0.3) is 22.4 Å². The van der Waals surface area contributed by atoms with Crippen LogP contribution in [0.4, 0.5) is 20.3 Å². The van der Waals surface area contributed by atoms with Crippen LogP contribution >= 0.6 is 0 Å². The lowest BCUT2D eigenvalue weighted by atomic mass is 10.2. The topological polar surface area (TPSA) is 81.3 Å². The van der Waals surface area contributed by atoms with Crippen LogP contribution in [0.15, 0.2) is 42.6 Å². The summed E-state index contributed by atoms with van der Waals surface area (Å²) in [6.45, 7) is 0. The van der Waals surface area contributed by atoms with Crippen molar-refractivity contribution < 1.29 is 23.0 Å². The number of imidazole rings is 1. The first kappa shape index (κ1) is 19.4. The molecule has 4 rings (SSSR count). The second kappa shape index (κ2) is 7.86. The molecule has 7 nitrogen and oxygen atoms in total. The average molecular weight is 412 g/mol. The zero-order valence-corrected chi connectivity index (χ0v) is 16.4. The number of nitrogens with zero attached hydrogens (tertiary/aromatic N) is 2. The summed E-state index contributed by atoms with van der Waals surface area (Å²) < 4.78 is 42.9. The molecule has 0 fully saturated rings. The molecule has 0 bridgehead atoms. The van der Waals surface area contributed by atoms with Crippen molar-refractivity contribution in [2.75, 3.05) is 26.6 Å². The van der Waals surface area contributed by atoms with Crippen LogP contribution in [-0.2, 0) is 0 Å². The van der Waals surface area contributed by atoms with E-state index in [-0.39, 0.29) is 0 Å². The fourth-order valence-corrected chi connectivity index (χ4v) is 3.10. The van der Waals surface area contributed by atoms with Gasteiger partial charge in [0.25, 0.3) is 0 Å². The lowest BCUT2D eigenvalue weighted by Gasteiger charge is -2.15. The standard InChI is InChI=1S/C21H18F2N4O3/c1-28-16-9-12(10-17(29-2)19(16)30-3)25-21-18-15(6-7-24-21)26-20(27-18)11-4-5-13(22)14(23)8-11/h4-10H,1-3H3,(H,24,25)(H,26,27). The van der Waals surface area contributed by atoms with Crippen molar-refractivity contribution >= 4 is 22.5 Å². The third kappa shape index (κ3) is 3.45. The van der Waals surface area contributed by atoms with Gasteiger partial charge in [0.05, 0.1) is 26.8 Å². The number of H-pyrrole nitrogens is 1. The van der Waals surface area contributed by atoms with E-state index < -0.39 is 11.6 Å². The number of halogens is 2. The van der Waals surface area contributed by atoms with Gasteiger partial charge in [-0.15, -0.1) is 0 Å². The van der Waals surface area contributed by atoms with E-state index >= 15 is 0 Å². The van der Waals surface area contributed by atoms with Gasteiger partial charge in [-0.05, 0) is 24.3 Å². The number of nitrogens with one attached hydrogen (secondary N) is 2. The Labute approximate surface area is 170 Å². The number of methoxy groups -OCH3 is 3. The molecule has 0 atom stereocenters. The van der Waals surface area contributed by atoms with Crippen molar-refractivity contribution in [2.24, 2.45) is 0 Å². The maximum absolute atomic E-state index is 13.6. The molecule has 0 aliphatic carbocycles. The van der Waals surface area contributed by atoms with E-state index in [4.69, 9.17) is 14.2 Å². The first-order chi connectivity index (χ1) is 14.5. The molecule has 0 saturated carbocycles. The lowest BCUT2D eigenvalue weighted by Crippen LogP contribution is -1.99. The summed E-state index contributed by atoms with van der Waals surface area (Å²) in [7, 11) is 4.59. The minimum absolute atomic E-state index is 0.393. The second-order valence-corrected chi connectivity index (χ2v) is 6.31. The fraction of sp³-hybridized carbons (Fsp3) is 0.143. The van der Waals surface area contributed by atoms with Gasteiger partial charge in [-0.1, -0.05) is 0 Å². The van der Waals surface area contributed by atoms with Crippen molar-refractivity contribution in [1.82, 2.24) is 15.0 Å². The second-order valence-electron chi connectivity index (χ2n) is 6.31. The van der Waals surface area contributed by atoms with E-state index in [1.54, 1.807) is 24.4 Å². The van der Waals surface area contributed by atoms with Crippen LogP contribution in [-0.4, -0.2) is 36.3 Å². The third-order valence-corrected chi connectivity index (χ3v) is 4.52. The molecule has 0 aliphatic heterocycles. The minimum Gasteiger partial charge on any atom is -0.493 e. The molecule has 154 valence electrons. The Morgan fingerprint density at radius 1 is 0.900 bits per heavy atom. The summed E-state index contributed by atoms with van der Waals surface area (Å²) in [5.41, 5.74) is 2.27. The van der Waals surface area contributed by atoms with Crippen molar-refractivity contribution in [3.63, 3.8) is 0 Å². The molecule has 2 heterocycles. The predicted octanol–water partition coefficient (Wildman–Crippen LogP) is 4.67. The number of rotatable bonds is 6. The number of hydrogen-bond acceptors (Lipinski definition) is 6. The van der Waals surface area contributed by atoms with Crippen LogP contribution < -0.4 is 19.5 Å². The highest BCUT2D eigenvalue weighted by Crippen LogP contribution is 2.41. The maximum Gasteiger partial charge on any atom is 0.203 e. The number of ether oxygens (including phenoxy) is 3. The predicted molar refractivity (Wildman–Crippen MR) is 109 cm³/mol. The third-order valence-electron chi connectivity index (χ3n) is 4.52. The fourth-order valence-electron chi connectivity index (χ4n) is 3.10. The molecular formula is C21H18F2N4O3. The lowest BCUT2D eigenvalue weighted by molar-refractivity contribution is 0.324. The van der Waals surface area contributed by atoms with Crippen molar-refractivity contribution in [2.45, 2.75) is 0 Å². The number of benzene rings is 2. The van der Waals surface area contributed by atoms with Crippen molar-refractivity contribution in [1.29, 1.82) is 0 Å². The van der Waals surface area contributed by atoms with E-state index in [1.807, 2.05) is 0 Å². The molecule has 2 aromatic carbocycles. The molecule has 2 aromatic heterocycles. The monoisotopic (exact) mass is 412 g/mol. The largest absolute Gasteiger partial charge is 0.493 e. The van der Waals surface area contributed by atoms with Gasteiger partial charge in [0.15, 0.2) is 29.0 Å². The van der Waals surface area contributed by atoms with Crippen LogP contribution in [0.5, 0.6) is 17.2 Å². The normalized spacial score (nSPS) is 10.8. The maximum atomic E-state index is 13.6. The average Bonchev–Trinajstić information content (AvgIpc) is 3.20. The summed E-state index contributed by atoms with van der Waals surface area (Å²) in [6.07, 6.45) is 1.61. The molecule has 9 heteroatoms. The Bertz CT molecular complexity index is 1200. The number of aromatic amines is 1. The van der Waals surface area contributed by atoms with Crippen LogP contribution in [0.1, 0.15) is 0 Å². The Balaban J connectivity index is 1.75. The highest BCUT2D eigenvalue weighted by molar-refractivity contribution is 5.90. The van der Waals surface area contributed by atoms with Gasteiger partial charge >= 0.3 is 0 Å². The van der Waals surface area contributed by atoms with E-state index in [0.29, 0.717) is 51.2 Å². The summed E-state index contributed by atoms with van der Waals surface area (Å²) in [5, 5.41) is 3.19. The molecule has 0 radical (unpaired) electrons. The van der Waals surface area contributed by atoms with Crippen LogP contribution in [0, 0.1) is 11.6 Å². The van der Waals surface area contributed by atoms with Crippen LogP contribution in [0.3, 0.4) is 0 Å². The smallest absolute Gasteiger partial charge is 0.203 e. The zero-order valence-electron chi connectivity index (χ0n) is 16.4. The molecule has 4 aromatic rings. The van der Waals surface area contributed by atoms with E-state index in [0.717, 1.165) is 12.1 Å². The first-order valence-electron chi connectivity index (χ1n) is 8.91. The molecule has 0 aliphatic rings. The number of anilines is 2. The number of aromatic nitrogens is 3. The summed E-state index contributed by atoms with van der Waals surface area (Å²) in [6, 6.07) is 8.83. The molecule has 0 amide bonds. The Kier molecular flexibility index (Phi) is 5.09. The molecule has 0 spiro atoms. The van der Waals surface area contributed by atoms with Gasteiger partial charge in [0.1, 0.15) is 11.3 Å². The zero-order chi connectivity index (χ0) is 21.3. The highest BCUT2D eigenvalue weighted by Gasteiger charge is 2.16. The van der Waals surface area contributed by atoms with E-state index in [2.05, 4.69) is 20.3 Å². The Hall–Kier alpha value is -3.88. The molecule has 0 unspecified atom stereocenters. The van der Waals surface area contributed by atoms with Gasteiger partial charge in [0.2, 0.25) is 5.75 Å². The molecular weight excluding hydrogens is 394 g/mol. The Morgan fingerprint density at radius 2 is 1.63 bits per heavy atom. The van der Waals surface area contributed by atoms with E-state index in [1.165, 1.54) is 27.4 Å². The first-order valence-corrected chi connectivity index (χ1v) is 8.91. The van der Waals surface area contributed by atoms with E-state index in [9.17, 15) is 8.78 Å². The van der Waals surface area contributed by atoms with Crippen LogP contribution in [0.2, 0.25) is 0 Å². The van der Waals surface area contributed by atoms with Crippen molar-refractivity contribution in [3.8, 4) is 28.6 Å². The Morgan fingerprint density at radius 3 is 2.27 bits per heavy atom. The highest BCUT2D eigenvalue weighted by atomic mass is 19.2. The summed E-state index contributed by atoms with van der Waals surface area (Å²) >= 11 is 0.